The van der Waals surface area contributed by atoms with Crippen LogP contribution < -0.4 is 0 Å². The summed E-state index contributed by atoms with van der Waals surface area (Å²) in [5, 5.41) is 12.8. The van der Waals surface area contributed by atoms with E-state index in [1.165, 1.54) is 0 Å². The van der Waals surface area contributed by atoms with Gasteiger partial charge in [0.25, 0.3) is 0 Å². The van der Waals surface area contributed by atoms with Gasteiger partial charge in [0.2, 0.25) is 29.4 Å². The molecule has 10 heteroatoms. The SMILES string of the molecule is O=C(CCc1nc(-c2cccnc2)no1)N(Cc1nnc(-c2ccc(Cl)cc2)o1)C1CC1. The van der Waals surface area contributed by atoms with Crippen LogP contribution in [0.5, 0.6) is 0 Å². The number of hydrogen-bond donors (Lipinski definition) is 0. The highest BCUT2D eigenvalue weighted by atomic mass is 35.5. The molecule has 3 heterocycles. The molecule has 1 aromatic carbocycles. The Morgan fingerprint density at radius 2 is 1.94 bits per heavy atom. The third-order valence-electron chi connectivity index (χ3n) is 5.11. The van der Waals surface area contributed by atoms with Gasteiger partial charge in [0.1, 0.15) is 0 Å². The van der Waals surface area contributed by atoms with Crippen LogP contribution in [0.15, 0.2) is 57.7 Å². The quantitative estimate of drug-likeness (QED) is 0.396. The summed E-state index contributed by atoms with van der Waals surface area (Å²) in [5.41, 5.74) is 1.54. The maximum Gasteiger partial charge on any atom is 0.247 e. The van der Waals surface area contributed by atoms with Crippen molar-refractivity contribution in [3.63, 3.8) is 0 Å². The molecule has 0 atom stereocenters. The number of aromatic nitrogens is 5. The molecule has 1 fully saturated rings. The molecule has 0 aliphatic heterocycles. The van der Waals surface area contributed by atoms with E-state index in [2.05, 4.69) is 25.3 Å². The lowest BCUT2D eigenvalue weighted by atomic mass is 10.2. The Morgan fingerprint density at radius 1 is 1.09 bits per heavy atom. The lowest BCUT2D eigenvalue weighted by Gasteiger charge is -2.20. The molecule has 5 rings (SSSR count). The lowest BCUT2D eigenvalue weighted by Crippen LogP contribution is -2.32. The Bertz CT molecular complexity index is 1200. The number of amides is 1. The molecule has 32 heavy (non-hydrogen) atoms. The summed E-state index contributed by atoms with van der Waals surface area (Å²) >= 11 is 5.93. The van der Waals surface area contributed by atoms with E-state index in [0.29, 0.717) is 34.9 Å². The van der Waals surface area contributed by atoms with Crippen LogP contribution in [0.2, 0.25) is 5.02 Å². The van der Waals surface area contributed by atoms with Gasteiger partial charge in [-0.15, -0.1) is 10.2 Å². The maximum atomic E-state index is 12.9. The van der Waals surface area contributed by atoms with Gasteiger partial charge in [-0.3, -0.25) is 9.78 Å². The number of benzene rings is 1. The average molecular weight is 451 g/mol. The summed E-state index contributed by atoms with van der Waals surface area (Å²) in [6.07, 6.45) is 5.89. The van der Waals surface area contributed by atoms with Crippen LogP contribution in [-0.2, 0) is 17.8 Å². The van der Waals surface area contributed by atoms with Gasteiger partial charge in [0.05, 0.1) is 6.54 Å². The average Bonchev–Trinajstić information content (AvgIpc) is 3.36. The van der Waals surface area contributed by atoms with Gasteiger partial charge < -0.3 is 13.8 Å². The minimum atomic E-state index is -0.0140. The van der Waals surface area contributed by atoms with E-state index in [1.54, 1.807) is 35.5 Å². The smallest absolute Gasteiger partial charge is 0.247 e. The van der Waals surface area contributed by atoms with Gasteiger partial charge in [-0.2, -0.15) is 4.98 Å². The number of hydrogen-bond acceptors (Lipinski definition) is 8. The third kappa shape index (κ3) is 4.67. The van der Waals surface area contributed by atoms with Crippen LogP contribution in [0.25, 0.3) is 22.8 Å². The van der Waals surface area contributed by atoms with E-state index in [0.717, 1.165) is 24.0 Å². The summed E-state index contributed by atoms with van der Waals surface area (Å²) < 4.78 is 11.1. The molecule has 4 aromatic rings. The van der Waals surface area contributed by atoms with Crippen LogP contribution in [0, 0.1) is 0 Å². The Hall–Kier alpha value is -3.59. The molecule has 1 saturated carbocycles. The molecule has 1 aliphatic rings. The first-order valence-electron chi connectivity index (χ1n) is 10.3. The summed E-state index contributed by atoms with van der Waals surface area (Å²) in [4.78, 5) is 23.1. The van der Waals surface area contributed by atoms with Crippen molar-refractivity contribution in [1.29, 1.82) is 0 Å². The zero-order chi connectivity index (χ0) is 21.9. The highest BCUT2D eigenvalue weighted by Crippen LogP contribution is 2.30. The predicted octanol–water partition coefficient (Wildman–Crippen LogP) is 3.96. The molecular formula is C22H19ClN6O3. The standard InChI is InChI=1S/C22H19ClN6O3/c23-16-5-3-14(4-6-16)22-27-26-19(31-22)13-29(17-7-8-17)20(30)10-9-18-25-21(28-32-18)15-2-1-11-24-12-15/h1-6,11-12,17H,7-10,13H2. The summed E-state index contributed by atoms with van der Waals surface area (Å²) in [6, 6.07) is 11.0. The van der Waals surface area contributed by atoms with Crippen molar-refractivity contribution in [3.05, 3.63) is 65.6 Å². The summed E-state index contributed by atoms with van der Waals surface area (Å²) in [7, 11) is 0. The number of nitrogens with zero attached hydrogens (tertiary/aromatic N) is 6. The van der Waals surface area contributed by atoms with Crippen LogP contribution in [0.1, 0.15) is 31.0 Å². The largest absolute Gasteiger partial charge is 0.419 e. The molecule has 0 bridgehead atoms. The summed E-state index contributed by atoms with van der Waals surface area (Å²) in [5.74, 6) is 1.65. The molecule has 3 aromatic heterocycles. The van der Waals surface area contributed by atoms with Gasteiger partial charge in [-0.05, 0) is 49.2 Å². The van der Waals surface area contributed by atoms with Crippen molar-refractivity contribution in [1.82, 2.24) is 30.2 Å². The number of carbonyl (C=O) groups is 1. The predicted molar refractivity (Wildman–Crippen MR) is 114 cm³/mol. The Kier molecular flexibility index (Phi) is 5.64. The monoisotopic (exact) mass is 450 g/mol. The van der Waals surface area contributed by atoms with Crippen LogP contribution in [0.3, 0.4) is 0 Å². The van der Waals surface area contributed by atoms with Gasteiger partial charge in [0.15, 0.2) is 0 Å². The van der Waals surface area contributed by atoms with Gasteiger partial charge >= 0.3 is 0 Å². The minimum absolute atomic E-state index is 0.0140. The highest BCUT2D eigenvalue weighted by molar-refractivity contribution is 6.30. The lowest BCUT2D eigenvalue weighted by molar-refractivity contribution is -0.132. The number of aryl methyl sites for hydroxylation is 1. The van der Waals surface area contributed by atoms with Crippen molar-refractivity contribution >= 4 is 17.5 Å². The van der Waals surface area contributed by atoms with Crippen molar-refractivity contribution in [2.75, 3.05) is 0 Å². The van der Waals surface area contributed by atoms with Crippen LogP contribution >= 0.6 is 11.6 Å². The Labute approximate surface area is 188 Å². The number of pyridine rings is 1. The van der Waals surface area contributed by atoms with Crippen LogP contribution in [-0.4, -0.2) is 42.2 Å². The zero-order valence-electron chi connectivity index (χ0n) is 17.0. The van der Waals surface area contributed by atoms with Crippen molar-refractivity contribution in [2.45, 2.75) is 38.3 Å². The zero-order valence-corrected chi connectivity index (χ0v) is 17.8. The van der Waals surface area contributed by atoms with Crippen molar-refractivity contribution in [3.8, 4) is 22.8 Å². The molecule has 162 valence electrons. The third-order valence-corrected chi connectivity index (χ3v) is 5.36. The molecule has 0 saturated heterocycles. The fourth-order valence-corrected chi connectivity index (χ4v) is 3.43. The van der Waals surface area contributed by atoms with E-state index in [9.17, 15) is 4.79 Å². The fourth-order valence-electron chi connectivity index (χ4n) is 3.31. The number of rotatable bonds is 8. The number of halogens is 1. The minimum Gasteiger partial charge on any atom is -0.419 e. The first kappa shape index (κ1) is 20.3. The fraction of sp³-hybridized carbons (Fsp3) is 0.273. The molecule has 1 aliphatic carbocycles. The van der Waals surface area contributed by atoms with Crippen LogP contribution in [0.4, 0.5) is 0 Å². The van der Waals surface area contributed by atoms with E-state index < -0.39 is 0 Å². The van der Waals surface area contributed by atoms with E-state index in [4.69, 9.17) is 20.5 Å². The molecule has 1 amide bonds. The molecule has 0 N–H and O–H groups in total. The second kappa shape index (κ2) is 8.88. The number of carbonyl (C=O) groups excluding carboxylic acids is 1. The molecule has 0 unspecified atom stereocenters. The second-order valence-corrected chi connectivity index (χ2v) is 7.95. The van der Waals surface area contributed by atoms with Gasteiger partial charge in [-0.1, -0.05) is 16.8 Å². The topological polar surface area (TPSA) is 111 Å². The molecule has 9 nitrogen and oxygen atoms in total. The molecule has 0 radical (unpaired) electrons. The van der Waals surface area contributed by atoms with Crippen molar-refractivity contribution in [2.24, 2.45) is 0 Å². The first-order chi connectivity index (χ1) is 15.7. The Balaban J connectivity index is 1.22. The van der Waals surface area contributed by atoms with Gasteiger partial charge in [0, 0.05) is 47.4 Å². The normalized spacial score (nSPS) is 13.3. The van der Waals surface area contributed by atoms with Crippen molar-refractivity contribution < 1.29 is 13.7 Å². The second-order valence-electron chi connectivity index (χ2n) is 7.51. The van der Waals surface area contributed by atoms with E-state index in [-0.39, 0.29) is 24.9 Å². The van der Waals surface area contributed by atoms with Gasteiger partial charge in [-0.25, -0.2) is 0 Å². The molecule has 0 spiro atoms. The Morgan fingerprint density at radius 3 is 2.69 bits per heavy atom. The maximum absolute atomic E-state index is 12.9. The summed E-state index contributed by atoms with van der Waals surface area (Å²) in [6.45, 7) is 0.273. The van der Waals surface area contributed by atoms with E-state index in [1.807, 2.05) is 18.2 Å². The van der Waals surface area contributed by atoms with E-state index >= 15 is 0 Å². The highest BCUT2D eigenvalue weighted by Gasteiger charge is 2.33. The first-order valence-corrected chi connectivity index (χ1v) is 10.6. The molecular weight excluding hydrogens is 432 g/mol.